The minimum absolute atomic E-state index is 0.0116. The number of hydrogen-bond donors (Lipinski definition) is 2. The molecule has 0 saturated carbocycles. The zero-order chi connectivity index (χ0) is 55.5. The highest BCUT2D eigenvalue weighted by atomic mass is 32.2. The molecule has 2 aliphatic rings. The molecular formula is C64H56N6O8S2. The van der Waals surface area contributed by atoms with Crippen LogP contribution in [-0.2, 0) is 46.4 Å². The Bertz CT molecular complexity index is 3340. The predicted octanol–water partition coefficient (Wildman–Crippen LogP) is 10.9. The number of nitrogens with zero attached hydrogens (tertiary/aromatic N) is 4. The second-order valence-electron chi connectivity index (χ2n) is 18.9. The van der Waals surface area contributed by atoms with Crippen molar-refractivity contribution in [1.29, 1.82) is 0 Å². The Morgan fingerprint density at radius 2 is 1.20 bits per heavy atom. The van der Waals surface area contributed by atoms with Gasteiger partial charge in [-0.25, -0.2) is 14.6 Å². The van der Waals surface area contributed by atoms with E-state index in [4.69, 9.17) is 29.2 Å². The van der Waals surface area contributed by atoms with Gasteiger partial charge in [0.15, 0.2) is 10.8 Å². The minimum atomic E-state index is -1.39. The number of esters is 1. The van der Waals surface area contributed by atoms with Gasteiger partial charge in [0.25, 0.3) is 11.8 Å². The Morgan fingerprint density at radius 3 is 1.69 bits per heavy atom. The summed E-state index contributed by atoms with van der Waals surface area (Å²) in [6.07, 6.45) is 2.70. The summed E-state index contributed by atoms with van der Waals surface area (Å²) >= 11 is 2.64. The molecule has 80 heavy (non-hydrogen) atoms. The molecule has 14 nitrogen and oxygen atoms in total. The number of thiazole rings is 1. The second kappa shape index (κ2) is 24.6. The smallest absolute Gasteiger partial charge is 0.409 e. The zero-order valence-electron chi connectivity index (χ0n) is 44.0. The third-order valence-corrected chi connectivity index (χ3v) is 15.7. The number of fused-ring (bicyclic) bond motifs is 1. The first-order valence-electron chi connectivity index (χ1n) is 25.7. The van der Waals surface area contributed by atoms with Crippen LogP contribution < -0.4 is 15.4 Å². The number of hydrogen-bond acceptors (Lipinski definition) is 13. The summed E-state index contributed by atoms with van der Waals surface area (Å²) in [6.45, 7) is -0.174. The largest absolute Gasteiger partial charge is 0.497 e. The molecule has 7 aromatic carbocycles. The SMILES string of the molecule is COc1ccc(COC(=O)C2=C(C=CCOC(=O)N(C)C)CS[C@H]3C(NC(=O)C(=NOC(c4ccccc4)(c4ccccc4)c4ccccc4)c4csc(NC(c5ccccc5)(c5ccccc5)c5ccccc5)n4)C(=O)N23)cc1. The van der Waals surface area contributed by atoms with E-state index in [1.165, 1.54) is 32.9 Å². The highest BCUT2D eigenvalue weighted by Gasteiger charge is 2.55. The van der Waals surface area contributed by atoms with Gasteiger partial charge >= 0.3 is 12.1 Å². The fourth-order valence-electron chi connectivity index (χ4n) is 9.72. The maximum atomic E-state index is 15.4. The molecule has 0 radical (unpaired) electrons. The number of aromatic nitrogens is 1. The van der Waals surface area contributed by atoms with Crippen LogP contribution in [0.5, 0.6) is 5.75 Å². The van der Waals surface area contributed by atoms with Gasteiger partial charge in [0.1, 0.15) is 47.3 Å². The van der Waals surface area contributed by atoms with Crippen LogP contribution in [0, 0.1) is 0 Å². The van der Waals surface area contributed by atoms with E-state index in [0.29, 0.717) is 22.0 Å². The number of ether oxygens (including phenoxy) is 3. The van der Waals surface area contributed by atoms with Gasteiger partial charge in [-0.3, -0.25) is 14.5 Å². The highest BCUT2D eigenvalue weighted by Crippen LogP contribution is 2.44. The lowest BCUT2D eigenvalue weighted by Gasteiger charge is -2.49. The number of methoxy groups -OCH3 is 1. The Morgan fingerprint density at radius 1 is 0.700 bits per heavy atom. The van der Waals surface area contributed by atoms with Crippen molar-refractivity contribution in [2.75, 3.05) is 38.9 Å². The van der Waals surface area contributed by atoms with E-state index in [2.05, 4.69) is 47.0 Å². The van der Waals surface area contributed by atoms with Crippen molar-refractivity contribution in [2.45, 2.75) is 29.2 Å². The van der Waals surface area contributed by atoms with E-state index < -0.39 is 46.4 Å². The average molecular weight is 1100 g/mol. The van der Waals surface area contributed by atoms with Crippen LogP contribution in [0.25, 0.3) is 0 Å². The summed E-state index contributed by atoms with van der Waals surface area (Å²) in [5.41, 5.74) is 3.87. The number of amides is 3. The number of β-lactam (4-membered cyclic amide) rings is 1. The van der Waals surface area contributed by atoms with Gasteiger partial charge in [-0.15, -0.1) is 23.1 Å². The molecule has 1 aromatic heterocycles. The number of rotatable bonds is 20. The number of benzene rings is 7. The van der Waals surface area contributed by atoms with E-state index in [-0.39, 0.29) is 36.1 Å². The summed E-state index contributed by atoms with van der Waals surface area (Å²) in [5, 5.41) is 13.1. The number of carbonyl (C=O) groups excluding carboxylic acids is 4. The van der Waals surface area contributed by atoms with Crippen LogP contribution in [-0.4, -0.2) is 89.4 Å². The molecule has 0 aliphatic carbocycles. The van der Waals surface area contributed by atoms with Crippen molar-refractivity contribution in [3.8, 4) is 5.75 Å². The first-order valence-corrected chi connectivity index (χ1v) is 27.7. The normalized spacial score (nSPS) is 15.3. The van der Waals surface area contributed by atoms with Crippen molar-refractivity contribution in [3.63, 3.8) is 0 Å². The van der Waals surface area contributed by atoms with Gasteiger partial charge in [-0.05, 0) is 46.0 Å². The summed E-state index contributed by atoms with van der Waals surface area (Å²) in [4.78, 5) is 71.3. The van der Waals surface area contributed by atoms with Gasteiger partial charge in [0.05, 0.1) is 7.11 Å². The molecule has 402 valence electrons. The molecule has 8 aromatic rings. The molecular weight excluding hydrogens is 1040 g/mol. The Hall–Kier alpha value is -9.25. The van der Waals surface area contributed by atoms with Crippen molar-refractivity contribution in [2.24, 2.45) is 5.16 Å². The summed E-state index contributed by atoms with van der Waals surface area (Å²) < 4.78 is 16.5. The first-order chi connectivity index (χ1) is 39.1. The molecule has 3 amide bonds. The topological polar surface area (TPSA) is 161 Å². The second-order valence-corrected chi connectivity index (χ2v) is 20.8. The Kier molecular flexibility index (Phi) is 16.6. The van der Waals surface area contributed by atoms with E-state index in [1.54, 1.807) is 63.0 Å². The number of allylic oxidation sites excluding steroid dienone is 1. The third-order valence-electron chi connectivity index (χ3n) is 13.7. The van der Waals surface area contributed by atoms with Crippen LogP contribution in [0.4, 0.5) is 9.93 Å². The van der Waals surface area contributed by atoms with Crippen molar-refractivity contribution >= 4 is 57.8 Å². The van der Waals surface area contributed by atoms with Crippen LogP contribution in [0.2, 0.25) is 0 Å². The van der Waals surface area contributed by atoms with E-state index >= 15 is 4.79 Å². The summed E-state index contributed by atoms with van der Waals surface area (Å²) in [6, 6.07) is 65.2. The molecule has 0 bridgehead atoms. The summed E-state index contributed by atoms with van der Waals surface area (Å²) in [5.74, 6) is -1.16. The molecule has 1 unspecified atom stereocenters. The van der Waals surface area contributed by atoms with Crippen molar-refractivity contribution in [3.05, 3.63) is 280 Å². The quantitative estimate of drug-likeness (QED) is 0.0246. The van der Waals surface area contributed by atoms with E-state index in [1.807, 2.05) is 146 Å². The van der Waals surface area contributed by atoms with Gasteiger partial charge in [-0.1, -0.05) is 205 Å². The summed E-state index contributed by atoms with van der Waals surface area (Å²) in [7, 11) is 4.71. The van der Waals surface area contributed by atoms with Crippen LogP contribution >= 0.6 is 23.1 Å². The van der Waals surface area contributed by atoms with E-state index in [9.17, 15) is 14.4 Å². The molecule has 2 atom stereocenters. The molecule has 3 heterocycles. The first kappa shape index (κ1) is 54.1. The zero-order valence-corrected chi connectivity index (χ0v) is 45.6. The lowest BCUT2D eigenvalue weighted by molar-refractivity contribution is -0.153. The Balaban J connectivity index is 1.03. The average Bonchev–Trinajstić information content (AvgIpc) is 3.63. The lowest BCUT2D eigenvalue weighted by atomic mass is 9.77. The number of thioether (sulfide) groups is 1. The fraction of sp³-hybridized carbons (Fsp3) is 0.156. The third kappa shape index (κ3) is 11.2. The Labute approximate surface area is 472 Å². The number of oxime groups is 1. The minimum Gasteiger partial charge on any atom is -0.497 e. The van der Waals surface area contributed by atoms with Crippen molar-refractivity contribution in [1.82, 2.24) is 20.1 Å². The molecule has 2 N–H and O–H groups in total. The van der Waals surface area contributed by atoms with Gasteiger partial charge in [0.2, 0.25) is 5.60 Å². The van der Waals surface area contributed by atoms with Crippen molar-refractivity contribution < 1.29 is 38.2 Å². The maximum absolute atomic E-state index is 15.4. The molecule has 2 aliphatic heterocycles. The van der Waals surface area contributed by atoms with Crippen LogP contribution in [0.1, 0.15) is 44.6 Å². The maximum Gasteiger partial charge on any atom is 0.409 e. The fourth-order valence-corrected chi connectivity index (χ4v) is 11.8. The van der Waals surface area contributed by atoms with Crippen LogP contribution in [0.3, 0.4) is 0 Å². The van der Waals surface area contributed by atoms with Gasteiger partial charge < -0.3 is 34.6 Å². The highest BCUT2D eigenvalue weighted by molar-refractivity contribution is 8.00. The molecule has 16 heteroatoms. The predicted molar refractivity (Wildman–Crippen MR) is 311 cm³/mol. The molecule has 10 rings (SSSR count). The lowest BCUT2D eigenvalue weighted by Crippen LogP contribution is -2.71. The van der Waals surface area contributed by atoms with Crippen LogP contribution in [0.15, 0.2) is 240 Å². The number of carbonyl (C=O) groups is 4. The molecule has 0 spiro atoms. The monoisotopic (exact) mass is 1100 g/mol. The molecule has 1 saturated heterocycles. The van der Waals surface area contributed by atoms with E-state index in [0.717, 1.165) is 33.4 Å². The molecule has 1 fully saturated rings. The van der Waals surface area contributed by atoms with Gasteiger partial charge in [0, 0.05) is 41.9 Å². The number of nitrogens with one attached hydrogen (secondary N) is 2. The number of anilines is 1. The standard InChI is InChI=1S/C64H56N6O8S2/c1-69(2)62(74)76-40-22-23-45-42-79-59-55(58(72)70(59)56(45)60(73)77-41-44-36-38-52(75-3)39-37-44)66-57(71)54(68-78-64(49-30-16-7-17-31-49,50-32-18-8-19-33-50)51-34-20-9-21-35-51)53-43-80-61(65-53)67-63(46-24-10-4-11-25-46,47-26-12-5-13-27-47)48-28-14-6-15-29-48/h4-39,43,55,59H,40-42H2,1-3H3,(H,65,67)(H,66,71)/t55?,59-/m0/s1. The van der Waals surface area contributed by atoms with Gasteiger partial charge in [-0.2, -0.15) is 0 Å².